The van der Waals surface area contributed by atoms with Gasteiger partial charge in [0.2, 0.25) is 11.8 Å². The van der Waals surface area contributed by atoms with Crippen molar-refractivity contribution in [1.29, 1.82) is 0 Å². The number of carbonyl (C=O) groups excluding carboxylic acids is 2. The molecule has 2 aromatic rings. The number of nitrogens with zero attached hydrogens (tertiary/aromatic N) is 2. The number of hydrogen-bond acceptors (Lipinski definition) is 6. The third-order valence-corrected chi connectivity index (χ3v) is 5.02. The summed E-state index contributed by atoms with van der Waals surface area (Å²) in [7, 11) is 1.18. The van der Waals surface area contributed by atoms with E-state index in [1.54, 1.807) is 17.0 Å². The van der Waals surface area contributed by atoms with Gasteiger partial charge in [-0.2, -0.15) is 8.78 Å². The van der Waals surface area contributed by atoms with Gasteiger partial charge in [-0.1, -0.05) is 11.6 Å². The number of anilines is 2. The fraction of sp³-hybridized carbons (Fsp3) is 0.238. The Bertz CT molecular complexity index is 1130. The second-order valence-corrected chi connectivity index (χ2v) is 7.24. The van der Waals surface area contributed by atoms with E-state index in [0.717, 1.165) is 30.7 Å². The van der Waals surface area contributed by atoms with Crippen molar-refractivity contribution in [2.45, 2.75) is 19.5 Å². The number of halogens is 3. The minimum absolute atomic E-state index is 0.0291. The van der Waals surface area contributed by atoms with Crippen molar-refractivity contribution in [3.8, 4) is 11.5 Å². The van der Waals surface area contributed by atoms with Gasteiger partial charge in [0.15, 0.2) is 11.5 Å². The van der Waals surface area contributed by atoms with Crippen LogP contribution in [0.5, 0.6) is 11.5 Å². The van der Waals surface area contributed by atoms with E-state index in [1.165, 1.54) is 13.2 Å². The van der Waals surface area contributed by atoms with Crippen LogP contribution in [0.4, 0.5) is 25.8 Å². The molecule has 2 amide bonds. The lowest BCUT2D eigenvalue weighted by molar-refractivity contribution is -0.385. The van der Waals surface area contributed by atoms with Gasteiger partial charge in [0.1, 0.15) is 0 Å². The molecule has 9 nitrogen and oxygen atoms in total. The summed E-state index contributed by atoms with van der Waals surface area (Å²) in [5, 5.41) is 14.2. The zero-order valence-electron chi connectivity index (χ0n) is 17.2. The largest absolute Gasteiger partial charge is 0.493 e. The lowest BCUT2D eigenvalue weighted by atomic mass is 10.1. The van der Waals surface area contributed by atoms with Crippen LogP contribution in [-0.2, 0) is 9.59 Å². The lowest BCUT2D eigenvalue weighted by Crippen LogP contribution is -2.24. The molecule has 12 heteroatoms. The van der Waals surface area contributed by atoms with Crippen LogP contribution in [0.1, 0.15) is 18.4 Å². The maximum absolute atomic E-state index is 12.5. The van der Waals surface area contributed by atoms with Gasteiger partial charge in [0, 0.05) is 24.7 Å². The molecule has 1 aliphatic rings. The first kappa shape index (κ1) is 23.9. The number of rotatable bonds is 8. The third-order valence-electron chi connectivity index (χ3n) is 4.72. The number of carbonyl (C=O) groups is 2. The SMILES string of the molecule is COc1cc(/C=C/C(=O)Nc2ccc(N3CCCC3=O)c(Cl)c2)c([N+](=O)[O-])cc1OC(F)F. The predicted molar refractivity (Wildman–Crippen MR) is 117 cm³/mol. The van der Waals surface area contributed by atoms with Crippen molar-refractivity contribution in [3.05, 3.63) is 57.1 Å². The van der Waals surface area contributed by atoms with Gasteiger partial charge in [0.25, 0.3) is 5.69 Å². The summed E-state index contributed by atoms with van der Waals surface area (Å²) in [4.78, 5) is 36.3. The normalized spacial score (nSPS) is 13.6. The summed E-state index contributed by atoms with van der Waals surface area (Å²) in [6, 6.07) is 6.57. The maximum Gasteiger partial charge on any atom is 0.387 e. The molecular weight excluding hydrogens is 464 g/mol. The summed E-state index contributed by atoms with van der Waals surface area (Å²) >= 11 is 6.25. The molecule has 0 saturated carbocycles. The molecule has 2 aromatic carbocycles. The highest BCUT2D eigenvalue weighted by atomic mass is 35.5. The third kappa shape index (κ3) is 5.75. The van der Waals surface area contributed by atoms with Crippen LogP contribution < -0.4 is 19.7 Å². The van der Waals surface area contributed by atoms with E-state index in [0.29, 0.717) is 24.3 Å². The molecule has 174 valence electrons. The van der Waals surface area contributed by atoms with E-state index in [1.807, 2.05) is 0 Å². The molecule has 1 N–H and O–H groups in total. The van der Waals surface area contributed by atoms with Crippen molar-refractivity contribution in [2.24, 2.45) is 0 Å². The smallest absolute Gasteiger partial charge is 0.387 e. The van der Waals surface area contributed by atoms with E-state index in [4.69, 9.17) is 16.3 Å². The maximum atomic E-state index is 12.5. The van der Waals surface area contributed by atoms with Crippen LogP contribution in [0.25, 0.3) is 6.08 Å². The van der Waals surface area contributed by atoms with Crippen molar-refractivity contribution < 1.29 is 32.8 Å². The minimum Gasteiger partial charge on any atom is -0.493 e. The Kier molecular flexibility index (Phi) is 7.44. The van der Waals surface area contributed by atoms with Gasteiger partial charge < -0.3 is 19.7 Å². The molecule has 0 atom stereocenters. The van der Waals surface area contributed by atoms with E-state index in [-0.39, 0.29) is 22.2 Å². The average molecular weight is 482 g/mol. The highest BCUT2D eigenvalue weighted by Gasteiger charge is 2.24. The fourth-order valence-electron chi connectivity index (χ4n) is 3.26. The van der Waals surface area contributed by atoms with Gasteiger partial charge in [-0.05, 0) is 36.8 Å². The molecule has 0 aliphatic carbocycles. The van der Waals surface area contributed by atoms with Crippen molar-refractivity contribution in [2.75, 3.05) is 23.9 Å². The standard InChI is InChI=1S/C21H18ClF2N3O6/c1-32-17-9-12(16(27(30)31)11-18(17)33-21(23)24)4-7-19(28)25-13-5-6-15(14(22)10-13)26-8-2-3-20(26)29/h4-7,9-11,21H,2-3,8H2,1H3,(H,25,28)/b7-4+. The highest BCUT2D eigenvalue weighted by Crippen LogP contribution is 2.36. The van der Waals surface area contributed by atoms with Crippen molar-refractivity contribution in [1.82, 2.24) is 0 Å². The first-order valence-corrected chi connectivity index (χ1v) is 9.97. The van der Waals surface area contributed by atoms with E-state index >= 15 is 0 Å². The molecule has 0 spiro atoms. The number of nitrogens with one attached hydrogen (secondary N) is 1. The zero-order valence-corrected chi connectivity index (χ0v) is 18.0. The van der Waals surface area contributed by atoms with E-state index in [9.17, 15) is 28.5 Å². The molecule has 0 aromatic heterocycles. The van der Waals surface area contributed by atoms with Crippen LogP contribution in [0, 0.1) is 10.1 Å². The number of ether oxygens (including phenoxy) is 2. The second-order valence-electron chi connectivity index (χ2n) is 6.84. The summed E-state index contributed by atoms with van der Waals surface area (Å²) in [5.74, 6) is -1.33. The molecule has 1 fully saturated rings. The summed E-state index contributed by atoms with van der Waals surface area (Å²) in [6.07, 6.45) is 3.36. The molecule has 0 bridgehead atoms. The number of hydrogen-bond donors (Lipinski definition) is 1. The fourth-order valence-corrected chi connectivity index (χ4v) is 3.54. The summed E-state index contributed by atoms with van der Waals surface area (Å²) in [6.45, 7) is -2.64. The van der Waals surface area contributed by atoms with E-state index < -0.39 is 28.9 Å². The number of nitro groups is 1. The van der Waals surface area contributed by atoms with Crippen LogP contribution in [-0.4, -0.2) is 37.0 Å². The second kappa shape index (κ2) is 10.3. The van der Waals surface area contributed by atoms with Gasteiger partial charge in [-0.15, -0.1) is 0 Å². The number of benzene rings is 2. The number of amides is 2. The van der Waals surface area contributed by atoms with Crippen LogP contribution in [0.2, 0.25) is 5.02 Å². The van der Waals surface area contributed by atoms with Gasteiger partial charge in [-0.25, -0.2) is 0 Å². The Hall–Kier alpha value is -3.73. The monoisotopic (exact) mass is 481 g/mol. The van der Waals surface area contributed by atoms with Crippen LogP contribution in [0.3, 0.4) is 0 Å². The topological polar surface area (TPSA) is 111 Å². The molecule has 1 heterocycles. The van der Waals surface area contributed by atoms with Gasteiger partial charge >= 0.3 is 6.61 Å². The molecule has 0 unspecified atom stereocenters. The number of nitro benzene ring substituents is 1. The van der Waals surface area contributed by atoms with Crippen molar-refractivity contribution in [3.63, 3.8) is 0 Å². The Labute approximate surface area is 191 Å². The Morgan fingerprint density at radius 3 is 2.64 bits per heavy atom. The number of alkyl halides is 2. The van der Waals surface area contributed by atoms with E-state index in [2.05, 4.69) is 10.1 Å². The molecule has 33 heavy (non-hydrogen) atoms. The lowest BCUT2D eigenvalue weighted by Gasteiger charge is -2.17. The zero-order chi connectivity index (χ0) is 24.1. The van der Waals surface area contributed by atoms with Crippen LogP contribution in [0.15, 0.2) is 36.4 Å². The summed E-state index contributed by atoms with van der Waals surface area (Å²) < 4.78 is 34.3. The van der Waals surface area contributed by atoms with Crippen molar-refractivity contribution >= 4 is 46.6 Å². The average Bonchev–Trinajstić information content (AvgIpc) is 3.17. The Morgan fingerprint density at radius 2 is 2.06 bits per heavy atom. The quantitative estimate of drug-likeness (QED) is 0.334. The predicted octanol–water partition coefficient (Wildman–Crippen LogP) is 4.64. The summed E-state index contributed by atoms with van der Waals surface area (Å²) in [5.41, 5.74) is 0.270. The van der Waals surface area contributed by atoms with Gasteiger partial charge in [-0.3, -0.25) is 19.7 Å². The molecule has 0 radical (unpaired) electrons. The highest BCUT2D eigenvalue weighted by molar-refractivity contribution is 6.34. The molecule has 3 rings (SSSR count). The Balaban J connectivity index is 1.78. The Morgan fingerprint density at radius 1 is 1.30 bits per heavy atom. The van der Waals surface area contributed by atoms with Gasteiger partial charge in [0.05, 0.1) is 34.4 Å². The molecule has 1 saturated heterocycles. The van der Waals surface area contributed by atoms with Crippen LogP contribution >= 0.6 is 11.6 Å². The minimum atomic E-state index is -3.20. The molecular formula is C21H18ClF2N3O6. The number of methoxy groups -OCH3 is 1. The first-order valence-electron chi connectivity index (χ1n) is 9.60. The molecule has 1 aliphatic heterocycles. The first-order chi connectivity index (χ1) is 15.7.